The Morgan fingerprint density at radius 3 is 2.68 bits per heavy atom. The minimum atomic E-state index is -0.132. The van der Waals surface area contributed by atoms with Crippen molar-refractivity contribution in [2.75, 3.05) is 6.54 Å². The minimum Gasteiger partial charge on any atom is -0.338 e. The van der Waals surface area contributed by atoms with Crippen LogP contribution in [0.3, 0.4) is 0 Å². The first-order chi connectivity index (χ1) is 12.1. The first-order valence-electron chi connectivity index (χ1n) is 9.11. The summed E-state index contributed by atoms with van der Waals surface area (Å²) < 4.78 is 0. The van der Waals surface area contributed by atoms with Gasteiger partial charge in [0.15, 0.2) is 0 Å². The van der Waals surface area contributed by atoms with E-state index in [1.54, 1.807) is 4.90 Å². The number of amides is 1. The molecule has 1 aliphatic rings. The second kappa shape index (κ2) is 7.64. The van der Waals surface area contributed by atoms with Gasteiger partial charge in [0.1, 0.15) is 5.82 Å². The zero-order valence-corrected chi connectivity index (χ0v) is 15.0. The molecule has 1 aromatic heterocycles. The zero-order valence-electron chi connectivity index (χ0n) is 15.0. The SMILES string of the molecule is CCCCC(=O)N1CCc2nc(-c3ccc(CC)cc3)[nH]c(=O)c2C1. The molecule has 0 saturated heterocycles. The van der Waals surface area contributed by atoms with Crippen molar-refractivity contribution in [3.63, 3.8) is 0 Å². The number of aryl methyl sites for hydroxylation is 1. The number of fused-ring (bicyclic) bond motifs is 1. The number of nitrogens with zero attached hydrogens (tertiary/aromatic N) is 2. The molecule has 1 aromatic carbocycles. The van der Waals surface area contributed by atoms with Crippen molar-refractivity contribution in [2.24, 2.45) is 0 Å². The van der Waals surface area contributed by atoms with Crippen LogP contribution < -0.4 is 5.56 Å². The molecular formula is C20H25N3O2. The lowest BCUT2D eigenvalue weighted by molar-refractivity contribution is -0.132. The van der Waals surface area contributed by atoms with Crippen molar-refractivity contribution >= 4 is 5.91 Å². The minimum absolute atomic E-state index is 0.131. The van der Waals surface area contributed by atoms with Crippen molar-refractivity contribution in [2.45, 2.75) is 52.5 Å². The molecule has 1 amide bonds. The number of unbranched alkanes of at least 4 members (excludes halogenated alkanes) is 1. The number of carbonyl (C=O) groups is 1. The molecule has 2 heterocycles. The lowest BCUT2D eigenvalue weighted by atomic mass is 10.0. The number of benzene rings is 1. The maximum absolute atomic E-state index is 12.5. The Bertz CT molecular complexity index is 809. The Kier molecular flexibility index (Phi) is 5.31. The van der Waals surface area contributed by atoms with E-state index in [1.165, 1.54) is 5.56 Å². The fourth-order valence-electron chi connectivity index (χ4n) is 3.16. The third-order valence-corrected chi connectivity index (χ3v) is 4.80. The summed E-state index contributed by atoms with van der Waals surface area (Å²) in [7, 11) is 0. The second-order valence-corrected chi connectivity index (χ2v) is 6.56. The smallest absolute Gasteiger partial charge is 0.256 e. The molecular weight excluding hydrogens is 314 g/mol. The van der Waals surface area contributed by atoms with E-state index < -0.39 is 0 Å². The highest BCUT2D eigenvalue weighted by molar-refractivity contribution is 5.76. The van der Waals surface area contributed by atoms with E-state index in [4.69, 9.17) is 0 Å². The van der Waals surface area contributed by atoms with Gasteiger partial charge in [-0.25, -0.2) is 4.98 Å². The zero-order chi connectivity index (χ0) is 17.8. The van der Waals surface area contributed by atoms with E-state index in [0.717, 1.165) is 30.5 Å². The monoisotopic (exact) mass is 339 g/mol. The van der Waals surface area contributed by atoms with Crippen molar-refractivity contribution in [3.05, 3.63) is 51.4 Å². The first kappa shape index (κ1) is 17.4. The Balaban J connectivity index is 1.83. The van der Waals surface area contributed by atoms with E-state index in [-0.39, 0.29) is 11.5 Å². The van der Waals surface area contributed by atoms with E-state index in [9.17, 15) is 9.59 Å². The van der Waals surface area contributed by atoms with Gasteiger partial charge in [0, 0.05) is 24.9 Å². The van der Waals surface area contributed by atoms with Crippen LogP contribution in [0.2, 0.25) is 0 Å². The van der Waals surface area contributed by atoms with Crippen LogP contribution in [0.25, 0.3) is 11.4 Å². The number of carbonyl (C=O) groups excluding carboxylic acids is 1. The number of hydrogen-bond acceptors (Lipinski definition) is 3. The highest BCUT2D eigenvalue weighted by Gasteiger charge is 2.24. The molecule has 2 aromatic rings. The molecule has 3 rings (SSSR count). The third kappa shape index (κ3) is 3.81. The summed E-state index contributed by atoms with van der Waals surface area (Å²) in [6, 6.07) is 8.10. The number of hydrogen-bond donors (Lipinski definition) is 1. The lowest BCUT2D eigenvalue weighted by Crippen LogP contribution is -2.39. The molecule has 0 bridgehead atoms. The maximum Gasteiger partial charge on any atom is 0.256 e. The Labute approximate surface area is 148 Å². The van der Waals surface area contributed by atoms with Crippen LogP contribution >= 0.6 is 0 Å². The summed E-state index contributed by atoms with van der Waals surface area (Å²) in [5.74, 6) is 0.739. The van der Waals surface area contributed by atoms with Crippen LogP contribution in [0.4, 0.5) is 0 Å². The normalized spacial score (nSPS) is 13.6. The Morgan fingerprint density at radius 2 is 2.00 bits per heavy atom. The molecule has 5 nitrogen and oxygen atoms in total. The molecule has 0 spiro atoms. The lowest BCUT2D eigenvalue weighted by Gasteiger charge is -2.28. The van der Waals surface area contributed by atoms with Crippen molar-refractivity contribution in [3.8, 4) is 11.4 Å². The average Bonchev–Trinajstić information content (AvgIpc) is 2.65. The topological polar surface area (TPSA) is 66.1 Å². The summed E-state index contributed by atoms with van der Waals surface area (Å²) in [6.07, 6.45) is 4.06. The van der Waals surface area contributed by atoms with Gasteiger partial charge in [-0.1, -0.05) is 44.5 Å². The molecule has 0 radical (unpaired) electrons. The first-order valence-corrected chi connectivity index (χ1v) is 9.11. The molecule has 5 heteroatoms. The van der Waals surface area contributed by atoms with E-state index in [2.05, 4.69) is 35.9 Å². The van der Waals surface area contributed by atoms with Gasteiger partial charge in [0.05, 0.1) is 17.8 Å². The molecule has 25 heavy (non-hydrogen) atoms. The van der Waals surface area contributed by atoms with Gasteiger partial charge in [-0.05, 0) is 18.4 Å². The van der Waals surface area contributed by atoms with Gasteiger partial charge < -0.3 is 9.88 Å². The number of rotatable bonds is 5. The predicted octanol–water partition coefficient (Wildman–Crippen LogP) is 3.07. The highest BCUT2D eigenvalue weighted by atomic mass is 16.2. The van der Waals surface area contributed by atoms with Gasteiger partial charge in [-0.2, -0.15) is 0 Å². The number of nitrogens with one attached hydrogen (secondary N) is 1. The van der Waals surface area contributed by atoms with Gasteiger partial charge in [-0.15, -0.1) is 0 Å². The fourth-order valence-corrected chi connectivity index (χ4v) is 3.16. The van der Waals surface area contributed by atoms with Gasteiger partial charge in [-0.3, -0.25) is 9.59 Å². The fraction of sp³-hybridized carbons (Fsp3) is 0.450. The van der Waals surface area contributed by atoms with E-state index in [0.29, 0.717) is 37.3 Å². The molecule has 0 fully saturated rings. The van der Waals surface area contributed by atoms with Gasteiger partial charge >= 0.3 is 0 Å². The molecule has 0 aliphatic carbocycles. The maximum atomic E-state index is 12.5. The second-order valence-electron chi connectivity index (χ2n) is 6.56. The van der Waals surface area contributed by atoms with Crippen LogP contribution in [0.15, 0.2) is 29.1 Å². The quantitative estimate of drug-likeness (QED) is 0.910. The van der Waals surface area contributed by atoms with Crippen LogP contribution in [0, 0.1) is 0 Å². The molecule has 0 atom stereocenters. The Morgan fingerprint density at radius 1 is 1.24 bits per heavy atom. The van der Waals surface area contributed by atoms with Gasteiger partial charge in [0.25, 0.3) is 5.56 Å². The summed E-state index contributed by atoms with van der Waals surface area (Å²) in [6.45, 7) is 5.19. The largest absolute Gasteiger partial charge is 0.338 e. The summed E-state index contributed by atoms with van der Waals surface area (Å²) in [5.41, 5.74) is 3.49. The standard InChI is InChI=1S/C20H25N3O2/c1-3-5-6-18(24)23-12-11-17-16(13-23)20(25)22-19(21-17)15-9-7-14(4-2)8-10-15/h7-10H,3-6,11-13H2,1-2H3,(H,21,22,25). The molecule has 132 valence electrons. The van der Waals surface area contributed by atoms with E-state index in [1.807, 2.05) is 12.1 Å². The van der Waals surface area contributed by atoms with Crippen molar-refractivity contribution in [1.29, 1.82) is 0 Å². The molecule has 0 unspecified atom stereocenters. The van der Waals surface area contributed by atoms with Crippen molar-refractivity contribution < 1.29 is 4.79 Å². The van der Waals surface area contributed by atoms with Crippen LogP contribution in [0.1, 0.15) is 49.9 Å². The summed E-state index contributed by atoms with van der Waals surface area (Å²) in [5, 5.41) is 0. The number of aromatic nitrogens is 2. The predicted molar refractivity (Wildman–Crippen MR) is 98.3 cm³/mol. The molecule has 1 aliphatic heterocycles. The third-order valence-electron chi connectivity index (χ3n) is 4.80. The van der Waals surface area contributed by atoms with Crippen molar-refractivity contribution in [1.82, 2.24) is 14.9 Å². The highest BCUT2D eigenvalue weighted by Crippen LogP contribution is 2.20. The van der Waals surface area contributed by atoms with Crippen LogP contribution in [-0.4, -0.2) is 27.3 Å². The number of H-pyrrole nitrogens is 1. The Hall–Kier alpha value is -2.43. The summed E-state index contributed by atoms with van der Waals surface area (Å²) >= 11 is 0. The summed E-state index contributed by atoms with van der Waals surface area (Å²) in [4.78, 5) is 34.1. The van der Waals surface area contributed by atoms with Crippen LogP contribution in [-0.2, 0) is 24.2 Å². The number of aromatic amines is 1. The van der Waals surface area contributed by atoms with E-state index >= 15 is 0 Å². The van der Waals surface area contributed by atoms with Crippen LogP contribution in [0.5, 0.6) is 0 Å². The average molecular weight is 339 g/mol. The molecule has 0 saturated carbocycles. The van der Waals surface area contributed by atoms with Gasteiger partial charge in [0.2, 0.25) is 5.91 Å². The molecule has 1 N–H and O–H groups in total.